The van der Waals surface area contributed by atoms with E-state index in [0.29, 0.717) is 17.5 Å². The topological polar surface area (TPSA) is 73.3 Å². The first-order chi connectivity index (χ1) is 6.22. The first-order valence-electron chi connectivity index (χ1n) is 3.78. The van der Waals surface area contributed by atoms with Crippen LogP contribution < -0.4 is 5.73 Å². The lowest BCUT2D eigenvalue weighted by atomic mass is 10.3. The molecule has 0 aliphatic heterocycles. The maximum atomic E-state index is 10.6. The van der Waals surface area contributed by atoms with E-state index >= 15 is 0 Å². The number of fused-ring (bicyclic) bond motifs is 1. The molecule has 0 atom stereocenters. The normalized spacial score (nSPS) is 10.5. The van der Waals surface area contributed by atoms with E-state index in [9.17, 15) is 4.79 Å². The summed E-state index contributed by atoms with van der Waals surface area (Å²) in [6.07, 6.45) is 4.11. The summed E-state index contributed by atoms with van der Waals surface area (Å²) >= 11 is 0. The van der Waals surface area contributed by atoms with Gasteiger partial charge in [0.1, 0.15) is 5.56 Å². The molecule has 0 amide bonds. The lowest BCUT2D eigenvalue weighted by molar-refractivity contribution is 0.112. The van der Waals surface area contributed by atoms with Gasteiger partial charge in [0.2, 0.25) is 0 Å². The largest absolute Gasteiger partial charge is 0.382 e. The summed E-state index contributed by atoms with van der Waals surface area (Å²) in [5, 5.41) is 3.95. The molecule has 5 nitrogen and oxygen atoms in total. The van der Waals surface area contributed by atoms with Gasteiger partial charge in [0.05, 0.1) is 0 Å². The Bertz CT molecular complexity index is 474. The van der Waals surface area contributed by atoms with Crippen LogP contribution in [-0.2, 0) is 0 Å². The quantitative estimate of drug-likeness (QED) is 0.639. The molecule has 2 aromatic rings. The molecule has 0 aromatic carbocycles. The van der Waals surface area contributed by atoms with Crippen LogP contribution in [0.5, 0.6) is 0 Å². The van der Waals surface area contributed by atoms with Crippen molar-refractivity contribution in [3.63, 3.8) is 0 Å². The van der Waals surface area contributed by atoms with Crippen LogP contribution in [0.2, 0.25) is 0 Å². The minimum absolute atomic E-state index is 0.216. The molecule has 2 N–H and O–H groups in total. The van der Waals surface area contributed by atoms with Gasteiger partial charge < -0.3 is 5.73 Å². The molecule has 0 unspecified atom stereocenters. The Morgan fingerprint density at radius 3 is 3.08 bits per heavy atom. The van der Waals surface area contributed by atoms with Crippen LogP contribution in [0.4, 0.5) is 5.82 Å². The Morgan fingerprint density at radius 2 is 2.38 bits per heavy atom. The molecule has 66 valence electrons. The fourth-order valence-electron chi connectivity index (χ4n) is 1.18. The van der Waals surface area contributed by atoms with Gasteiger partial charge in [0.15, 0.2) is 17.8 Å². The van der Waals surface area contributed by atoms with Crippen LogP contribution in [0.25, 0.3) is 5.65 Å². The molecule has 5 heteroatoms. The molecule has 0 aliphatic carbocycles. The van der Waals surface area contributed by atoms with Gasteiger partial charge in [-0.15, -0.1) is 5.10 Å². The summed E-state index contributed by atoms with van der Waals surface area (Å²) in [6, 6.07) is 0. The molecule has 13 heavy (non-hydrogen) atoms. The van der Waals surface area contributed by atoms with Crippen LogP contribution in [0.3, 0.4) is 0 Å². The van der Waals surface area contributed by atoms with Crippen molar-refractivity contribution in [1.29, 1.82) is 0 Å². The molecule has 0 bridgehead atoms. The van der Waals surface area contributed by atoms with Crippen LogP contribution >= 0.6 is 0 Å². The summed E-state index contributed by atoms with van der Waals surface area (Å²) in [5.41, 5.74) is 7.32. The van der Waals surface area contributed by atoms with E-state index in [1.165, 1.54) is 4.52 Å². The van der Waals surface area contributed by atoms with E-state index in [1.54, 1.807) is 12.4 Å². The first kappa shape index (κ1) is 7.72. The predicted octanol–water partition coefficient (Wildman–Crippen LogP) is 0.432. The van der Waals surface area contributed by atoms with E-state index in [0.717, 1.165) is 5.56 Å². The average molecular weight is 176 g/mol. The zero-order chi connectivity index (χ0) is 9.42. The van der Waals surface area contributed by atoms with Crippen LogP contribution in [0, 0.1) is 6.92 Å². The Kier molecular flexibility index (Phi) is 1.51. The number of nitrogens with zero attached hydrogens (tertiary/aromatic N) is 3. The highest BCUT2D eigenvalue weighted by atomic mass is 16.1. The Labute approximate surface area is 74.2 Å². The Hall–Kier alpha value is -1.91. The molecule has 2 heterocycles. The van der Waals surface area contributed by atoms with Crippen molar-refractivity contribution in [2.24, 2.45) is 0 Å². The van der Waals surface area contributed by atoms with E-state index in [-0.39, 0.29) is 5.82 Å². The van der Waals surface area contributed by atoms with E-state index in [2.05, 4.69) is 10.1 Å². The fraction of sp³-hybridized carbons (Fsp3) is 0.125. The van der Waals surface area contributed by atoms with E-state index in [1.807, 2.05) is 6.92 Å². The molecule has 0 saturated carbocycles. The van der Waals surface area contributed by atoms with Gasteiger partial charge in [-0.05, 0) is 12.5 Å². The third-order valence-electron chi connectivity index (χ3n) is 1.78. The summed E-state index contributed by atoms with van der Waals surface area (Å²) < 4.78 is 1.51. The van der Waals surface area contributed by atoms with Crippen LogP contribution in [-0.4, -0.2) is 20.9 Å². The Balaban J connectivity index is 2.86. The Morgan fingerprint density at radius 1 is 1.62 bits per heavy atom. The number of nitrogens with two attached hydrogens (primary N) is 1. The lowest BCUT2D eigenvalue weighted by Crippen LogP contribution is -1.91. The van der Waals surface area contributed by atoms with Gasteiger partial charge in [-0.1, -0.05) is 0 Å². The number of rotatable bonds is 1. The maximum Gasteiger partial charge on any atom is 0.167 e. The highest BCUT2D eigenvalue weighted by molar-refractivity contribution is 5.90. The number of hydrogen-bond acceptors (Lipinski definition) is 4. The molecule has 2 rings (SSSR count). The van der Waals surface area contributed by atoms with Gasteiger partial charge in [-0.2, -0.15) is 0 Å². The second-order valence-corrected chi connectivity index (χ2v) is 2.82. The van der Waals surface area contributed by atoms with Crippen molar-refractivity contribution in [2.75, 3.05) is 5.73 Å². The number of carbonyl (C=O) groups excluding carboxylic acids is 1. The van der Waals surface area contributed by atoms with Crippen molar-refractivity contribution in [1.82, 2.24) is 14.6 Å². The van der Waals surface area contributed by atoms with E-state index in [4.69, 9.17) is 5.73 Å². The third-order valence-corrected chi connectivity index (χ3v) is 1.78. The van der Waals surface area contributed by atoms with Gasteiger partial charge in [-0.25, -0.2) is 9.50 Å². The van der Waals surface area contributed by atoms with Crippen molar-refractivity contribution in [2.45, 2.75) is 6.92 Å². The smallest absolute Gasteiger partial charge is 0.167 e. The number of hydrogen-bond donors (Lipinski definition) is 1. The predicted molar refractivity (Wildman–Crippen MR) is 47.5 cm³/mol. The molecular weight excluding hydrogens is 168 g/mol. The van der Waals surface area contributed by atoms with Crippen molar-refractivity contribution in [3.8, 4) is 0 Å². The second-order valence-electron chi connectivity index (χ2n) is 2.82. The SMILES string of the molecule is Cc1cnc2c(C=O)c(N)nn2c1. The number of carbonyl (C=O) groups is 1. The molecule has 0 fully saturated rings. The number of aromatic nitrogens is 3. The zero-order valence-corrected chi connectivity index (χ0v) is 7.06. The van der Waals surface area contributed by atoms with Gasteiger partial charge in [0, 0.05) is 12.4 Å². The number of nitrogen functional groups attached to an aromatic ring is 1. The van der Waals surface area contributed by atoms with E-state index < -0.39 is 0 Å². The first-order valence-corrected chi connectivity index (χ1v) is 3.78. The van der Waals surface area contributed by atoms with Crippen molar-refractivity contribution < 1.29 is 4.79 Å². The second kappa shape index (κ2) is 2.55. The summed E-state index contributed by atoms with van der Waals surface area (Å²) in [6.45, 7) is 1.89. The summed E-state index contributed by atoms with van der Waals surface area (Å²) in [5.74, 6) is 0.216. The molecule has 0 aliphatic rings. The van der Waals surface area contributed by atoms with Crippen molar-refractivity contribution in [3.05, 3.63) is 23.5 Å². The highest BCUT2D eigenvalue weighted by Gasteiger charge is 2.09. The van der Waals surface area contributed by atoms with Gasteiger partial charge in [0.25, 0.3) is 0 Å². The number of anilines is 1. The minimum atomic E-state index is 0.216. The number of aryl methyl sites for hydroxylation is 1. The van der Waals surface area contributed by atoms with Gasteiger partial charge >= 0.3 is 0 Å². The maximum absolute atomic E-state index is 10.6. The van der Waals surface area contributed by atoms with Crippen LogP contribution in [0.15, 0.2) is 12.4 Å². The summed E-state index contributed by atoms with van der Waals surface area (Å²) in [4.78, 5) is 14.7. The fourth-order valence-corrected chi connectivity index (χ4v) is 1.18. The minimum Gasteiger partial charge on any atom is -0.382 e. The number of aldehydes is 1. The van der Waals surface area contributed by atoms with Crippen LogP contribution in [0.1, 0.15) is 15.9 Å². The van der Waals surface area contributed by atoms with Crippen molar-refractivity contribution >= 4 is 17.8 Å². The average Bonchev–Trinajstić information content (AvgIpc) is 2.39. The molecular formula is C8H8N4O. The third kappa shape index (κ3) is 1.05. The summed E-state index contributed by atoms with van der Waals surface area (Å²) in [7, 11) is 0. The molecule has 0 spiro atoms. The molecule has 0 saturated heterocycles. The van der Waals surface area contributed by atoms with Gasteiger partial charge in [-0.3, -0.25) is 4.79 Å². The molecule has 0 radical (unpaired) electrons. The monoisotopic (exact) mass is 176 g/mol. The zero-order valence-electron chi connectivity index (χ0n) is 7.06. The molecule has 2 aromatic heterocycles. The standard InChI is InChI=1S/C8H8N4O/c1-5-2-10-8-6(4-13)7(9)11-12(8)3-5/h2-4H,1H3,(H2,9,11). The lowest BCUT2D eigenvalue weighted by Gasteiger charge is -1.92. The highest BCUT2D eigenvalue weighted by Crippen LogP contribution is 2.12.